The zero-order chi connectivity index (χ0) is 40.3. The molecule has 1 aliphatic carbocycles. The zero-order valence-corrected chi connectivity index (χ0v) is 33.5. The Morgan fingerprint density at radius 3 is 1.84 bits per heavy atom. The molecule has 1 nitrogen and oxygen atoms in total. The van der Waals surface area contributed by atoms with Crippen LogP contribution in [0.1, 0.15) is 44.9 Å². The fourth-order valence-corrected chi connectivity index (χ4v) is 10.5. The molecular formula is C60H40O. The summed E-state index contributed by atoms with van der Waals surface area (Å²) in [5.41, 5.74) is 17.4. The van der Waals surface area contributed by atoms with Gasteiger partial charge in [-0.15, -0.1) is 0 Å². The van der Waals surface area contributed by atoms with Crippen LogP contribution in [0.3, 0.4) is 0 Å². The van der Waals surface area contributed by atoms with Gasteiger partial charge in [0.2, 0.25) is 0 Å². The first-order valence-electron chi connectivity index (χ1n) is 21.2. The molecule has 0 saturated carbocycles. The van der Waals surface area contributed by atoms with E-state index < -0.39 is 5.41 Å². The molecule has 286 valence electrons. The summed E-state index contributed by atoms with van der Waals surface area (Å²) in [7, 11) is 0. The summed E-state index contributed by atoms with van der Waals surface area (Å²) < 4.78 is 7.01. The molecule has 1 heteroatoms. The average molecular weight is 777 g/mol. The smallest absolute Gasteiger partial charge is 0.135 e. The first-order chi connectivity index (χ1) is 30.3. The van der Waals surface area contributed by atoms with Crippen molar-refractivity contribution in [3.05, 3.63) is 276 Å². The van der Waals surface area contributed by atoms with Gasteiger partial charge in [0.05, 0.1) is 5.41 Å². The Kier molecular flexibility index (Phi) is 8.21. The average Bonchev–Trinajstić information content (AvgIpc) is 3.87. The maximum Gasteiger partial charge on any atom is 0.135 e. The Bertz CT molecular complexity index is 3420. The quantitative estimate of drug-likeness (QED) is 0.147. The minimum Gasteiger partial charge on any atom is -0.456 e. The second kappa shape index (κ2) is 14.2. The molecule has 1 aliphatic rings. The van der Waals surface area contributed by atoms with E-state index >= 15 is 0 Å². The van der Waals surface area contributed by atoms with Crippen molar-refractivity contribution in [2.24, 2.45) is 0 Å². The topological polar surface area (TPSA) is 13.1 Å². The maximum absolute atomic E-state index is 7.01. The lowest BCUT2D eigenvalue weighted by Crippen LogP contribution is -2.28. The van der Waals surface area contributed by atoms with E-state index in [4.69, 9.17) is 4.42 Å². The Hall–Kier alpha value is -7.74. The molecule has 1 heterocycles. The minimum absolute atomic E-state index is 0.0294. The molecule has 0 spiro atoms. The van der Waals surface area contributed by atoms with Crippen molar-refractivity contribution in [3.8, 4) is 33.4 Å². The molecule has 0 radical (unpaired) electrons. The first-order valence-corrected chi connectivity index (χ1v) is 21.2. The molecule has 0 saturated heterocycles. The summed E-state index contributed by atoms with van der Waals surface area (Å²) in [5, 5.41) is 4.78. The highest BCUT2D eigenvalue weighted by Gasteiger charge is 2.47. The second-order valence-electron chi connectivity index (χ2n) is 16.3. The van der Waals surface area contributed by atoms with E-state index in [-0.39, 0.29) is 5.92 Å². The normalized spacial score (nSPS) is 14.9. The van der Waals surface area contributed by atoms with E-state index in [0.717, 1.165) is 21.9 Å². The fraction of sp³-hybridized carbons (Fsp3) is 0.0333. The Morgan fingerprint density at radius 2 is 1.00 bits per heavy atom. The number of hydrogen-bond acceptors (Lipinski definition) is 1. The number of fused-ring (bicyclic) bond motifs is 8. The molecular weight excluding hydrogens is 737 g/mol. The summed E-state index contributed by atoms with van der Waals surface area (Å²) in [6.07, 6.45) is 0. The van der Waals surface area contributed by atoms with Gasteiger partial charge < -0.3 is 4.42 Å². The van der Waals surface area contributed by atoms with Crippen molar-refractivity contribution in [1.82, 2.24) is 0 Å². The van der Waals surface area contributed by atoms with Crippen molar-refractivity contribution in [2.45, 2.75) is 11.3 Å². The molecule has 0 aliphatic heterocycles. The van der Waals surface area contributed by atoms with Gasteiger partial charge in [0.15, 0.2) is 0 Å². The maximum atomic E-state index is 7.01. The van der Waals surface area contributed by atoms with Crippen LogP contribution in [0.2, 0.25) is 0 Å². The predicted molar refractivity (Wildman–Crippen MR) is 253 cm³/mol. The van der Waals surface area contributed by atoms with E-state index in [1.165, 1.54) is 83.1 Å². The number of furan rings is 1. The lowest BCUT2D eigenvalue weighted by molar-refractivity contribution is 0.665. The molecule has 2 unspecified atom stereocenters. The van der Waals surface area contributed by atoms with Crippen LogP contribution in [0.5, 0.6) is 0 Å². The zero-order valence-electron chi connectivity index (χ0n) is 33.5. The van der Waals surface area contributed by atoms with Gasteiger partial charge in [-0.1, -0.05) is 218 Å². The monoisotopic (exact) mass is 776 g/mol. The van der Waals surface area contributed by atoms with Gasteiger partial charge >= 0.3 is 0 Å². The first kappa shape index (κ1) is 35.2. The summed E-state index contributed by atoms with van der Waals surface area (Å²) in [6, 6.07) is 86.6. The van der Waals surface area contributed by atoms with Crippen LogP contribution in [0.4, 0.5) is 0 Å². The van der Waals surface area contributed by atoms with Crippen LogP contribution in [-0.4, -0.2) is 0 Å². The van der Waals surface area contributed by atoms with Crippen LogP contribution in [-0.2, 0) is 5.41 Å². The van der Waals surface area contributed by atoms with Crippen LogP contribution >= 0.6 is 0 Å². The van der Waals surface area contributed by atoms with E-state index in [0.29, 0.717) is 0 Å². The molecule has 1 aromatic heterocycles. The molecule has 0 amide bonds. The molecule has 0 fully saturated rings. The van der Waals surface area contributed by atoms with E-state index in [9.17, 15) is 0 Å². The highest BCUT2D eigenvalue weighted by molar-refractivity contribution is 6.08. The van der Waals surface area contributed by atoms with Gasteiger partial charge in [-0.3, -0.25) is 0 Å². The van der Waals surface area contributed by atoms with Crippen molar-refractivity contribution in [3.63, 3.8) is 0 Å². The van der Waals surface area contributed by atoms with Gasteiger partial charge in [-0.05, 0) is 101 Å². The van der Waals surface area contributed by atoms with E-state index in [2.05, 4.69) is 237 Å². The van der Waals surface area contributed by atoms with Gasteiger partial charge in [0.1, 0.15) is 11.2 Å². The van der Waals surface area contributed by atoms with Gasteiger partial charge in [0.25, 0.3) is 0 Å². The van der Waals surface area contributed by atoms with Crippen molar-refractivity contribution >= 4 is 32.7 Å². The predicted octanol–water partition coefficient (Wildman–Crippen LogP) is 15.6. The van der Waals surface area contributed by atoms with Crippen molar-refractivity contribution in [2.75, 3.05) is 0 Å². The number of rotatable bonds is 7. The standard InChI is InChI=1S/C60H40O/c1-4-17-40(18-5-1)43-22-14-23-44(37-43)45-24-15-25-46(38-45)57(42-20-6-2-7-21-42)53-30-16-32-55-58(53)52-36-34-48(39-56(52)61-55)60(47-26-8-3-9-27-47)54-31-13-12-29-50(54)51-35-33-41-19-10-11-28-49(41)59(51)60/h1-39,57H. The third kappa shape index (κ3) is 5.55. The second-order valence-corrected chi connectivity index (χ2v) is 16.3. The van der Waals surface area contributed by atoms with Crippen LogP contribution < -0.4 is 0 Å². The number of benzene rings is 10. The highest BCUT2D eigenvalue weighted by Crippen LogP contribution is 2.58. The summed E-state index contributed by atoms with van der Waals surface area (Å²) in [4.78, 5) is 0. The molecule has 11 aromatic rings. The van der Waals surface area contributed by atoms with Gasteiger partial charge in [-0.2, -0.15) is 0 Å². The molecule has 61 heavy (non-hydrogen) atoms. The van der Waals surface area contributed by atoms with Gasteiger partial charge in [0, 0.05) is 16.7 Å². The lowest BCUT2D eigenvalue weighted by Gasteiger charge is -2.34. The molecule has 2 atom stereocenters. The molecule has 10 aromatic carbocycles. The summed E-state index contributed by atoms with van der Waals surface area (Å²) in [6.45, 7) is 0. The Balaban J connectivity index is 1.06. The fourth-order valence-electron chi connectivity index (χ4n) is 10.5. The Morgan fingerprint density at radius 1 is 0.361 bits per heavy atom. The summed E-state index contributed by atoms with van der Waals surface area (Å²) in [5.74, 6) is -0.0294. The van der Waals surface area contributed by atoms with E-state index in [1.807, 2.05) is 0 Å². The van der Waals surface area contributed by atoms with Crippen LogP contribution in [0, 0.1) is 0 Å². The van der Waals surface area contributed by atoms with Crippen LogP contribution in [0.25, 0.3) is 66.1 Å². The van der Waals surface area contributed by atoms with Gasteiger partial charge in [-0.25, -0.2) is 0 Å². The third-order valence-electron chi connectivity index (χ3n) is 13.1. The largest absolute Gasteiger partial charge is 0.456 e. The summed E-state index contributed by atoms with van der Waals surface area (Å²) >= 11 is 0. The van der Waals surface area contributed by atoms with Crippen molar-refractivity contribution < 1.29 is 4.42 Å². The van der Waals surface area contributed by atoms with Crippen LogP contribution in [0.15, 0.2) is 241 Å². The van der Waals surface area contributed by atoms with Crippen molar-refractivity contribution in [1.29, 1.82) is 0 Å². The molecule has 0 N–H and O–H groups in total. The minimum atomic E-state index is -0.561. The lowest BCUT2D eigenvalue weighted by atomic mass is 9.66. The third-order valence-corrected chi connectivity index (χ3v) is 13.1. The number of hydrogen-bond donors (Lipinski definition) is 0. The van der Waals surface area contributed by atoms with E-state index in [1.54, 1.807) is 0 Å². The Labute approximate surface area is 355 Å². The molecule has 0 bridgehead atoms. The molecule has 12 rings (SSSR count). The highest BCUT2D eigenvalue weighted by atomic mass is 16.3. The SMILES string of the molecule is c1ccc(-c2cccc(-c3cccc(C(c4ccccc4)c4cccc5oc6cc(C7(c8ccccc8)c8ccccc8-c8ccc9ccccc9c87)ccc6c45)c3)c2)cc1.